The first kappa shape index (κ1) is 11.3. The van der Waals surface area contributed by atoms with Gasteiger partial charge in [-0.1, -0.05) is 5.92 Å². The molecular formula is C13H15NO. The number of Topliss-reactive ketones (excluding diaryl/α,β-unsaturated/α-hetero) is 1. The maximum atomic E-state index is 11.6. The van der Waals surface area contributed by atoms with Crippen LogP contribution in [0.3, 0.4) is 0 Å². The van der Waals surface area contributed by atoms with Crippen LogP contribution < -0.4 is 4.90 Å². The molecule has 0 fully saturated rings. The molecule has 2 nitrogen and oxygen atoms in total. The van der Waals surface area contributed by atoms with E-state index in [0.717, 1.165) is 11.3 Å². The molecule has 1 aromatic carbocycles. The Morgan fingerprint density at radius 2 is 1.87 bits per heavy atom. The maximum absolute atomic E-state index is 11.6. The van der Waals surface area contributed by atoms with Crippen LogP contribution in [0, 0.1) is 11.8 Å². The van der Waals surface area contributed by atoms with E-state index in [0.29, 0.717) is 6.42 Å². The summed E-state index contributed by atoms with van der Waals surface area (Å²) < 4.78 is 0. The first-order valence-electron chi connectivity index (χ1n) is 4.85. The van der Waals surface area contributed by atoms with E-state index < -0.39 is 0 Å². The van der Waals surface area contributed by atoms with Crippen LogP contribution in [0.1, 0.15) is 23.7 Å². The highest BCUT2D eigenvalue weighted by Gasteiger charge is 2.03. The molecule has 78 valence electrons. The van der Waals surface area contributed by atoms with Gasteiger partial charge < -0.3 is 4.90 Å². The third-order valence-electron chi connectivity index (χ3n) is 2.13. The quantitative estimate of drug-likeness (QED) is 0.552. The van der Waals surface area contributed by atoms with Gasteiger partial charge in [0.1, 0.15) is 0 Å². The molecule has 0 N–H and O–H groups in total. The number of hydrogen-bond donors (Lipinski definition) is 0. The molecule has 0 unspecified atom stereocenters. The van der Waals surface area contributed by atoms with Gasteiger partial charge in [-0.25, -0.2) is 0 Å². The Morgan fingerprint density at radius 1 is 1.27 bits per heavy atom. The predicted molar refractivity (Wildman–Crippen MR) is 63.2 cm³/mol. The lowest BCUT2D eigenvalue weighted by Gasteiger charge is -2.11. The fourth-order valence-electron chi connectivity index (χ4n) is 1.22. The second-order valence-corrected chi connectivity index (χ2v) is 3.47. The van der Waals surface area contributed by atoms with Crippen molar-refractivity contribution in [3.05, 3.63) is 29.8 Å². The molecule has 1 rings (SSSR count). The minimum Gasteiger partial charge on any atom is -0.378 e. The highest BCUT2D eigenvalue weighted by Crippen LogP contribution is 2.13. The van der Waals surface area contributed by atoms with Gasteiger partial charge in [0, 0.05) is 25.3 Å². The van der Waals surface area contributed by atoms with E-state index in [4.69, 9.17) is 0 Å². The lowest BCUT2D eigenvalue weighted by atomic mass is 10.1. The van der Waals surface area contributed by atoms with Crippen LogP contribution in [0.2, 0.25) is 0 Å². The normalized spacial score (nSPS) is 9.00. The number of nitrogens with zero attached hydrogens (tertiary/aromatic N) is 1. The van der Waals surface area contributed by atoms with Gasteiger partial charge in [-0.05, 0) is 31.2 Å². The molecule has 0 aliphatic heterocycles. The average Bonchev–Trinajstić information content (AvgIpc) is 2.26. The van der Waals surface area contributed by atoms with E-state index in [-0.39, 0.29) is 5.78 Å². The van der Waals surface area contributed by atoms with Crippen LogP contribution in [-0.4, -0.2) is 19.9 Å². The van der Waals surface area contributed by atoms with Gasteiger partial charge in [0.05, 0.1) is 6.42 Å². The monoisotopic (exact) mass is 201 g/mol. The minimum atomic E-state index is 0.0784. The number of rotatable bonds is 3. The lowest BCUT2D eigenvalue weighted by Crippen LogP contribution is -2.08. The van der Waals surface area contributed by atoms with E-state index in [2.05, 4.69) is 11.8 Å². The summed E-state index contributed by atoms with van der Waals surface area (Å²) in [5.41, 5.74) is 1.82. The van der Waals surface area contributed by atoms with Gasteiger partial charge >= 0.3 is 0 Å². The first-order valence-corrected chi connectivity index (χ1v) is 4.85. The Labute approximate surface area is 90.9 Å². The van der Waals surface area contributed by atoms with Gasteiger partial charge in [-0.2, -0.15) is 0 Å². The topological polar surface area (TPSA) is 20.3 Å². The predicted octanol–water partition coefficient (Wildman–Crippen LogP) is 2.35. The van der Waals surface area contributed by atoms with E-state index >= 15 is 0 Å². The SMILES string of the molecule is CC#CCC(=O)c1ccc(N(C)C)cc1. The molecule has 0 bridgehead atoms. The molecule has 0 heterocycles. The van der Waals surface area contributed by atoms with Crippen molar-refractivity contribution in [2.45, 2.75) is 13.3 Å². The number of ketones is 1. The number of carbonyl (C=O) groups excluding carboxylic acids is 1. The zero-order valence-electron chi connectivity index (χ0n) is 9.37. The molecule has 0 aliphatic carbocycles. The smallest absolute Gasteiger partial charge is 0.174 e. The Hall–Kier alpha value is -1.75. The lowest BCUT2D eigenvalue weighted by molar-refractivity contribution is 0.0998. The largest absolute Gasteiger partial charge is 0.378 e. The molecule has 0 atom stereocenters. The number of benzene rings is 1. The van der Waals surface area contributed by atoms with Gasteiger partial charge in [0.25, 0.3) is 0 Å². The summed E-state index contributed by atoms with van der Waals surface area (Å²) >= 11 is 0. The van der Waals surface area contributed by atoms with E-state index in [1.54, 1.807) is 6.92 Å². The zero-order chi connectivity index (χ0) is 11.3. The van der Waals surface area contributed by atoms with Crippen molar-refractivity contribution in [1.82, 2.24) is 0 Å². The molecule has 0 aliphatic rings. The second kappa shape index (κ2) is 5.21. The van der Waals surface area contributed by atoms with Crippen LogP contribution in [0.25, 0.3) is 0 Å². The van der Waals surface area contributed by atoms with Gasteiger partial charge in [-0.15, -0.1) is 5.92 Å². The second-order valence-electron chi connectivity index (χ2n) is 3.47. The van der Waals surface area contributed by atoms with Crippen LogP contribution in [0.4, 0.5) is 5.69 Å². The highest BCUT2D eigenvalue weighted by atomic mass is 16.1. The Bertz CT molecular complexity index is 393. The molecule has 15 heavy (non-hydrogen) atoms. The molecular weight excluding hydrogens is 186 g/mol. The summed E-state index contributed by atoms with van der Waals surface area (Å²) in [6, 6.07) is 7.56. The Balaban J connectivity index is 2.78. The third-order valence-corrected chi connectivity index (χ3v) is 2.13. The van der Waals surface area contributed by atoms with Crippen molar-refractivity contribution in [2.75, 3.05) is 19.0 Å². The molecule has 0 spiro atoms. The summed E-state index contributed by atoms with van der Waals surface area (Å²) in [6.45, 7) is 1.74. The standard InChI is InChI=1S/C13H15NO/c1-4-5-6-13(15)11-7-9-12(10-8-11)14(2)3/h7-10H,6H2,1-3H3. The van der Waals surface area contributed by atoms with Crippen molar-refractivity contribution in [3.63, 3.8) is 0 Å². The Kier molecular flexibility index (Phi) is 3.93. The number of hydrogen-bond acceptors (Lipinski definition) is 2. The van der Waals surface area contributed by atoms with Gasteiger partial charge in [0.15, 0.2) is 5.78 Å². The van der Waals surface area contributed by atoms with Crippen molar-refractivity contribution < 1.29 is 4.79 Å². The summed E-state index contributed by atoms with van der Waals surface area (Å²) in [4.78, 5) is 13.6. The van der Waals surface area contributed by atoms with Crippen LogP contribution in [0.15, 0.2) is 24.3 Å². The van der Waals surface area contributed by atoms with E-state index in [1.807, 2.05) is 43.3 Å². The van der Waals surface area contributed by atoms with Crippen LogP contribution in [-0.2, 0) is 0 Å². The molecule has 0 radical (unpaired) electrons. The zero-order valence-corrected chi connectivity index (χ0v) is 9.37. The van der Waals surface area contributed by atoms with Crippen molar-refractivity contribution >= 4 is 11.5 Å². The molecule has 0 aromatic heterocycles. The van der Waals surface area contributed by atoms with Crippen molar-refractivity contribution in [2.24, 2.45) is 0 Å². The fourth-order valence-corrected chi connectivity index (χ4v) is 1.22. The number of carbonyl (C=O) groups is 1. The molecule has 0 saturated carbocycles. The molecule has 0 amide bonds. The fraction of sp³-hybridized carbons (Fsp3) is 0.308. The van der Waals surface area contributed by atoms with E-state index in [9.17, 15) is 4.79 Å². The molecule has 2 heteroatoms. The highest BCUT2D eigenvalue weighted by molar-refractivity contribution is 5.97. The maximum Gasteiger partial charge on any atom is 0.174 e. The van der Waals surface area contributed by atoms with Gasteiger partial charge in [-0.3, -0.25) is 4.79 Å². The summed E-state index contributed by atoms with van der Waals surface area (Å²) in [7, 11) is 3.94. The summed E-state index contributed by atoms with van der Waals surface area (Å²) in [6.07, 6.45) is 0.303. The summed E-state index contributed by atoms with van der Waals surface area (Å²) in [5, 5.41) is 0. The number of anilines is 1. The first-order chi connectivity index (χ1) is 7.15. The van der Waals surface area contributed by atoms with Crippen molar-refractivity contribution in [3.8, 4) is 11.8 Å². The molecule has 1 aromatic rings. The average molecular weight is 201 g/mol. The Morgan fingerprint density at radius 3 is 2.33 bits per heavy atom. The van der Waals surface area contributed by atoms with Crippen LogP contribution in [0.5, 0.6) is 0 Å². The van der Waals surface area contributed by atoms with E-state index in [1.165, 1.54) is 0 Å². The van der Waals surface area contributed by atoms with Crippen molar-refractivity contribution in [1.29, 1.82) is 0 Å². The molecule has 0 saturated heterocycles. The van der Waals surface area contributed by atoms with Gasteiger partial charge in [0.2, 0.25) is 0 Å². The summed E-state index contributed by atoms with van der Waals surface area (Å²) in [5.74, 6) is 5.57. The van der Waals surface area contributed by atoms with Crippen LogP contribution >= 0.6 is 0 Å². The third kappa shape index (κ3) is 3.14. The minimum absolute atomic E-state index is 0.0784.